The van der Waals surface area contributed by atoms with Gasteiger partial charge in [0.2, 0.25) is 16.6 Å². The van der Waals surface area contributed by atoms with Gasteiger partial charge >= 0.3 is 0 Å². The van der Waals surface area contributed by atoms with Crippen LogP contribution in [0.15, 0.2) is 38.0 Å². The number of thiophene rings is 1. The van der Waals surface area contributed by atoms with Gasteiger partial charge in [-0.2, -0.15) is 4.57 Å². The Morgan fingerprint density at radius 1 is 1.36 bits per heavy atom. The molecule has 0 bridgehead atoms. The molecule has 4 rings (SSSR count). The molecule has 6 nitrogen and oxygen atoms in total. The predicted octanol–water partition coefficient (Wildman–Crippen LogP) is 4.26. The maximum Gasteiger partial charge on any atom is 0.299 e. The Bertz CT molecular complexity index is 1250. The van der Waals surface area contributed by atoms with Crippen molar-refractivity contribution in [3.05, 3.63) is 43.1 Å². The van der Waals surface area contributed by atoms with E-state index in [-0.39, 0.29) is 6.54 Å². The topological polar surface area (TPSA) is 79.2 Å². The molecule has 0 unspecified atom stereocenters. The lowest BCUT2D eigenvalue weighted by Crippen LogP contribution is -2.45. The molecule has 0 spiro atoms. The highest BCUT2D eigenvalue weighted by atomic mass is 79.9. The smallest absolute Gasteiger partial charge is 0.299 e. The second-order valence-corrected chi connectivity index (χ2v) is 12.7. The normalized spacial score (nSPS) is 15.0. The van der Waals surface area contributed by atoms with Crippen molar-refractivity contribution in [1.29, 1.82) is 0 Å². The highest BCUT2D eigenvalue weighted by Crippen LogP contribution is 2.43. The molecule has 2 N–H and O–H groups in total. The Morgan fingerprint density at radius 2 is 2.14 bits per heavy atom. The van der Waals surface area contributed by atoms with Crippen LogP contribution in [-0.4, -0.2) is 20.6 Å². The fraction of sp³-hybridized carbons (Fsp3) is 0.125. The Labute approximate surface area is 186 Å². The number of carbonyl (C=O) groups is 1. The summed E-state index contributed by atoms with van der Waals surface area (Å²) in [5, 5.41) is 5.72. The van der Waals surface area contributed by atoms with E-state index in [9.17, 15) is 13.2 Å². The minimum Gasteiger partial charge on any atom is -0.349 e. The first-order valence-corrected chi connectivity index (χ1v) is 13.3. The summed E-state index contributed by atoms with van der Waals surface area (Å²) in [5.74, 6) is -0.585. The number of halogens is 2. The fourth-order valence-electron chi connectivity index (χ4n) is 2.65. The van der Waals surface area contributed by atoms with Crippen LogP contribution in [0.4, 0.5) is 5.69 Å². The minimum atomic E-state index is -3.61. The van der Waals surface area contributed by atoms with Crippen LogP contribution < -0.4 is 14.6 Å². The second kappa shape index (κ2) is 7.62. The highest BCUT2D eigenvalue weighted by Gasteiger charge is 2.27. The molecule has 1 aromatic carbocycles. The molecule has 2 aromatic heterocycles. The monoisotopic (exact) mass is 536 g/mol. The van der Waals surface area contributed by atoms with Crippen molar-refractivity contribution in [2.45, 2.75) is 11.4 Å². The lowest BCUT2D eigenvalue weighted by atomic mass is 10.3. The zero-order valence-electron chi connectivity index (χ0n) is 14.2. The molecule has 12 heteroatoms. The number of fused-ring (bicyclic) bond motifs is 2. The van der Waals surface area contributed by atoms with Crippen molar-refractivity contribution in [1.82, 2.24) is 4.72 Å². The number of amides is 1. The lowest BCUT2D eigenvalue weighted by Gasteiger charge is -2.00. The molecular weight excluding hydrogens is 526 g/mol. The second-order valence-electron chi connectivity index (χ2n) is 5.92. The Kier molecular flexibility index (Phi) is 5.49. The van der Waals surface area contributed by atoms with Crippen molar-refractivity contribution < 1.29 is 17.8 Å². The molecule has 0 aliphatic carbocycles. The molecule has 1 amide bonds. The van der Waals surface area contributed by atoms with Crippen molar-refractivity contribution in [2.24, 2.45) is 0 Å². The number of thioether (sulfide) groups is 1. The van der Waals surface area contributed by atoms with Gasteiger partial charge in [-0.1, -0.05) is 46.0 Å². The Hall–Kier alpha value is -1.11. The molecule has 1 aliphatic heterocycles. The van der Waals surface area contributed by atoms with E-state index < -0.39 is 15.9 Å². The molecule has 0 atom stereocenters. The number of aromatic nitrogens is 1. The number of rotatable bonds is 4. The highest BCUT2D eigenvalue weighted by molar-refractivity contribution is 9.11. The maximum absolute atomic E-state index is 12.2. The third-order valence-corrected chi connectivity index (χ3v) is 8.37. The van der Waals surface area contributed by atoms with Gasteiger partial charge in [0, 0.05) is 9.92 Å². The van der Waals surface area contributed by atoms with E-state index in [1.807, 2.05) is 39.6 Å². The molecule has 3 heterocycles. The number of hydrogen-bond donors (Lipinski definition) is 2. The van der Waals surface area contributed by atoms with Crippen molar-refractivity contribution in [2.75, 3.05) is 11.6 Å². The quantitative estimate of drug-likeness (QED) is 0.486. The van der Waals surface area contributed by atoms with Crippen molar-refractivity contribution in [3.63, 3.8) is 0 Å². The molecule has 146 valence electrons. The summed E-state index contributed by atoms with van der Waals surface area (Å²) in [6.45, 7) is -0.0947. The molecule has 0 fully saturated rings. The van der Waals surface area contributed by atoms with Gasteiger partial charge in [0.1, 0.15) is 4.70 Å². The van der Waals surface area contributed by atoms with Crippen molar-refractivity contribution >= 4 is 99.2 Å². The van der Waals surface area contributed by atoms with Gasteiger partial charge in [-0.15, -0.1) is 0 Å². The number of carbonyl (C=O) groups excluding carboxylic acids is 1. The van der Waals surface area contributed by atoms with Gasteiger partial charge in [-0.3, -0.25) is 4.79 Å². The summed E-state index contributed by atoms with van der Waals surface area (Å²) in [5.41, 5.74) is 0.936. The van der Waals surface area contributed by atoms with Gasteiger partial charge < -0.3 is 5.32 Å². The van der Waals surface area contributed by atoms with E-state index in [4.69, 9.17) is 11.6 Å². The van der Waals surface area contributed by atoms with Gasteiger partial charge in [0.05, 0.1) is 26.8 Å². The van der Waals surface area contributed by atoms with Gasteiger partial charge in [0.25, 0.3) is 15.7 Å². The van der Waals surface area contributed by atoms with E-state index in [0.29, 0.717) is 5.02 Å². The average molecular weight is 538 g/mol. The first kappa shape index (κ1) is 20.2. The van der Waals surface area contributed by atoms with E-state index >= 15 is 0 Å². The van der Waals surface area contributed by atoms with E-state index in [1.54, 1.807) is 11.8 Å². The van der Waals surface area contributed by atoms with Crippen LogP contribution in [-0.2, 0) is 21.4 Å². The number of thiazole rings is 1. The van der Waals surface area contributed by atoms with E-state index in [2.05, 4.69) is 21.2 Å². The number of sulfonamides is 1. The summed E-state index contributed by atoms with van der Waals surface area (Å²) < 4.78 is 28.6. The summed E-state index contributed by atoms with van der Waals surface area (Å²) in [6.07, 6.45) is 2.92. The standard InChI is InChI=1S/C16H11BrClN3O3S4/c1-28(23,24)20-13(22)7-21-15(26-11-5-12(17)27-16(11)21)6-14-19-9-4-8(18)2-3-10(9)25-14/h2-6H,7H2,1H3,(H,20,22)/p+1. The SMILES string of the molecule is CS(=O)(=O)NC(=O)C[n+]1c(/C=C2/Nc3cc(Cl)ccc3S2)sc2cc(Br)sc21. The fourth-order valence-corrected chi connectivity index (χ4v) is 7.36. The van der Waals surface area contributed by atoms with Gasteiger partial charge in [-0.25, -0.2) is 13.1 Å². The van der Waals surface area contributed by atoms with Crippen LogP contribution in [0.3, 0.4) is 0 Å². The molecule has 1 aliphatic rings. The minimum absolute atomic E-state index is 0.0947. The van der Waals surface area contributed by atoms with Crippen LogP contribution in [0, 0.1) is 0 Å². The number of benzene rings is 1. The average Bonchev–Trinajstić information content (AvgIpc) is 3.20. The zero-order valence-corrected chi connectivity index (χ0v) is 19.8. The largest absolute Gasteiger partial charge is 0.349 e. The zero-order chi connectivity index (χ0) is 20.1. The molecular formula is C16H12BrClN3O3S4+. The van der Waals surface area contributed by atoms with Gasteiger partial charge in [0.15, 0.2) is 0 Å². The molecule has 0 radical (unpaired) electrons. The van der Waals surface area contributed by atoms with Crippen LogP contribution in [0.2, 0.25) is 5.02 Å². The number of hydrogen-bond acceptors (Lipinski definition) is 7. The summed E-state index contributed by atoms with van der Waals surface area (Å²) in [6, 6.07) is 7.64. The lowest BCUT2D eigenvalue weighted by molar-refractivity contribution is -0.653. The van der Waals surface area contributed by atoms with Gasteiger partial charge in [-0.05, 0) is 40.2 Å². The molecule has 0 saturated heterocycles. The predicted molar refractivity (Wildman–Crippen MR) is 119 cm³/mol. The van der Waals surface area contributed by atoms with Crippen molar-refractivity contribution in [3.8, 4) is 0 Å². The summed E-state index contributed by atoms with van der Waals surface area (Å²) in [7, 11) is -3.61. The number of nitrogens with one attached hydrogen (secondary N) is 2. The molecule has 0 saturated carbocycles. The Morgan fingerprint density at radius 3 is 2.89 bits per heavy atom. The third kappa shape index (κ3) is 4.39. The summed E-state index contributed by atoms with van der Waals surface area (Å²) >= 11 is 14.1. The first-order chi connectivity index (χ1) is 13.2. The van der Waals surface area contributed by atoms with Crippen LogP contribution in [0.5, 0.6) is 0 Å². The first-order valence-electron chi connectivity index (χ1n) is 7.76. The number of nitrogens with zero attached hydrogens (tertiary/aromatic N) is 1. The Balaban J connectivity index is 1.69. The third-order valence-electron chi connectivity index (χ3n) is 3.65. The van der Waals surface area contributed by atoms with E-state index in [1.165, 1.54) is 22.7 Å². The summed E-state index contributed by atoms with van der Waals surface area (Å²) in [4.78, 5) is 14.2. The van der Waals surface area contributed by atoms with E-state index in [0.717, 1.165) is 40.2 Å². The number of anilines is 1. The van der Waals surface area contributed by atoms with Crippen LogP contribution in [0.1, 0.15) is 5.01 Å². The van der Waals surface area contributed by atoms with Crippen LogP contribution in [0.25, 0.3) is 15.6 Å². The van der Waals surface area contributed by atoms with Crippen LogP contribution >= 0.6 is 62.0 Å². The molecule has 28 heavy (non-hydrogen) atoms. The maximum atomic E-state index is 12.2. The molecule has 3 aromatic rings.